The highest BCUT2D eigenvalue weighted by Gasteiger charge is 2.13. The normalized spacial score (nSPS) is 18.3. The smallest absolute Gasteiger partial charge is 0.219 e. The molecule has 3 nitrogen and oxygen atoms in total. The lowest BCUT2D eigenvalue weighted by molar-refractivity contribution is 0.356. The van der Waals surface area contributed by atoms with E-state index >= 15 is 0 Å². The third kappa shape index (κ3) is 2.44. The second-order valence-corrected chi connectivity index (χ2v) is 4.16. The van der Waals surface area contributed by atoms with Gasteiger partial charge in [0.15, 0.2) is 0 Å². The quantitative estimate of drug-likeness (QED) is 0.779. The van der Waals surface area contributed by atoms with E-state index in [2.05, 4.69) is 9.97 Å². The Kier molecular flexibility index (Phi) is 2.96. The fraction of sp³-hybridized carbons (Fsp3) is 0.636. The first kappa shape index (κ1) is 9.44. The van der Waals surface area contributed by atoms with Gasteiger partial charge in [0, 0.05) is 12.4 Å². The number of anilines is 1. The lowest BCUT2D eigenvalue weighted by atomic mass is 9.85. The second kappa shape index (κ2) is 4.40. The minimum Gasteiger partial charge on any atom is -0.368 e. The SMILES string of the molecule is Nc1ncc(CC2CCCCC2)cn1. The van der Waals surface area contributed by atoms with Crippen LogP contribution >= 0.6 is 0 Å². The number of nitrogens with zero attached hydrogens (tertiary/aromatic N) is 2. The highest BCUT2D eigenvalue weighted by Crippen LogP contribution is 2.26. The number of nitrogen functional groups attached to an aromatic ring is 1. The van der Waals surface area contributed by atoms with Crippen LogP contribution in [0.15, 0.2) is 12.4 Å². The monoisotopic (exact) mass is 191 g/mol. The van der Waals surface area contributed by atoms with Gasteiger partial charge in [-0.05, 0) is 17.9 Å². The summed E-state index contributed by atoms with van der Waals surface area (Å²) in [6.07, 6.45) is 11.8. The Labute approximate surface area is 84.8 Å². The topological polar surface area (TPSA) is 51.8 Å². The third-order valence-corrected chi connectivity index (χ3v) is 2.97. The van der Waals surface area contributed by atoms with Gasteiger partial charge in [-0.25, -0.2) is 9.97 Å². The first-order valence-corrected chi connectivity index (χ1v) is 5.41. The highest BCUT2D eigenvalue weighted by molar-refractivity contribution is 5.17. The Balaban J connectivity index is 1.92. The van der Waals surface area contributed by atoms with Crippen molar-refractivity contribution in [2.75, 3.05) is 5.73 Å². The van der Waals surface area contributed by atoms with Gasteiger partial charge in [0.2, 0.25) is 5.95 Å². The van der Waals surface area contributed by atoms with E-state index in [0.29, 0.717) is 5.95 Å². The molecule has 0 atom stereocenters. The van der Waals surface area contributed by atoms with Gasteiger partial charge in [-0.1, -0.05) is 32.1 Å². The molecule has 2 rings (SSSR count). The molecule has 1 aromatic rings. The average molecular weight is 191 g/mol. The standard InChI is InChI=1S/C11H17N3/c12-11-13-7-10(8-14-11)6-9-4-2-1-3-5-9/h7-9H,1-6H2,(H2,12,13,14). The molecule has 2 N–H and O–H groups in total. The van der Waals surface area contributed by atoms with Crippen LogP contribution in [-0.4, -0.2) is 9.97 Å². The van der Waals surface area contributed by atoms with Gasteiger partial charge in [-0.3, -0.25) is 0 Å². The van der Waals surface area contributed by atoms with Crippen molar-refractivity contribution in [3.05, 3.63) is 18.0 Å². The predicted molar refractivity (Wildman–Crippen MR) is 56.7 cm³/mol. The molecule has 0 saturated heterocycles. The van der Waals surface area contributed by atoms with E-state index in [-0.39, 0.29) is 0 Å². The van der Waals surface area contributed by atoms with E-state index in [1.807, 2.05) is 12.4 Å². The van der Waals surface area contributed by atoms with Gasteiger partial charge in [0.05, 0.1) is 0 Å². The number of hydrogen-bond acceptors (Lipinski definition) is 3. The lowest BCUT2D eigenvalue weighted by Gasteiger charge is -2.21. The van der Waals surface area contributed by atoms with E-state index in [1.165, 1.54) is 37.7 Å². The van der Waals surface area contributed by atoms with Crippen LogP contribution in [-0.2, 0) is 6.42 Å². The molecule has 76 valence electrons. The number of hydrogen-bond donors (Lipinski definition) is 1. The summed E-state index contributed by atoms with van der Waals surface area (Å²) in [7, 11) is 0. The maximum Gasteiger partial charge on any atom is 0.219 e. The van der Waals surface area contributed by atoms with Crippen molar-refractivity contribution in [3.63, 3.8) is 0 Å². The molecule has 1 saturated carbocycles. The van der Waals surface area contributed by atoms with Gasteiger partial charge < -0.3 is 5.73 Å². The molecule has 0 aromatic carbocycles. The molecule has 0 amide bonds. The molecule has 0 radical (unpaired) electrons. The summed E-state index contributed by atoms with van der Waals surface area (Å²) in [4.78, 5) is 8.02. The molecule has 1 aromatic heterocycles. The van der Waals surface area contributed by atoms with E-state index < -0.39 is 0 Å². The van der Waals surface area contributed by atoms with Crippen molar-refractivity contribution < 1.29 is 0 Å². The van der Waals surface area contributed by atoms with Crippen LogP contribution in [0.4, 0.5) is 5.95 Å². The zero-order valence-corrected chi connectivity index (χ0v) is 8.45. The summed E-state index contributed by atoms with van der Waals surface area (Å²) in [5.74, 6) is 1.22. The molecule has 0 bridgehead atoms. The van der Waals surface area contributed by atoms with Crippen LogP contribution in [0.5, 0.6) is 0 Å². The maximum atomic E-state index is 5.44. The third-order valence-electron chi connectivity index (χ3n) is 2.97. The fourth-order valence-electron chi connectivity index (χ4n) is 2.19. The van der Waals surface area contributed by atoms with Crippen molar-refractivity contribution in [2.24, 2.45) is 5.92 Å². The minimum atomic E-state index is 0.373. The lowest BCUT2D eigenvalue weighted by Crippen LogP contribution is -2.09. The van der Waals surface area contributed by atoms with Gasteiger partial charge in [-0.15, -0.1) is 0 Å². The van der Waals surface area contributed by atoms with E-state index in [0.717, 1.165) is 12.3 Å². The zero-order valence-electron chi connectivity index (χ0n) is 8.45. The Morgan fingerprint density at radius 3 is 2.43 bits per heavy atom. The van der Waals surface area contributed by atoms with Crippen molar-refractivity contribution in [1.29, 1.82) is 0 Å². The summed E-state index contributed by atoms with van der Waals surface area (Å²) in [6.45, 7) is 0. The molecular weight excluding hydrogens is 174 g/mol. The summed E-state index contributed by atoms with van der Waals surface area (Å²) in [6, 6.07) is 0. The van der Waals surface area contributed by atoms with Gasteiger partial charge >= 0.3 is 0 Å². The van der Waals surface area contributed by atoms with Gasteiger partial charge in [0.1, 0.15) is 0 Å². The van der Waals surface area contributed by atoms with E-state index in [9.17, 15) is 0 Å². The van der Waals surface area contributed by atoms with Crippen LogP contribution in [0.2, 0.25) is 0 Å². The predicted octanol–water partition coefficient (Wildman–Crippen LogP) is 2.18. The number of rotatable bonds is 2. The zero-order chi connectivity index (χ0) is 9.80. The Hall–Kier alpha value is -1.12. The van der Waals surface area contributed by atoms with Crippen molar-refractivity contribution >= 4 is 5.95 Å². The van der Waals surface area contributed by atoms with E-state index in [1.54, 1.807) is 0 Å². The summed E-state index contributed by atoms with van der Waals surface area (Å²) in [5.41, 5.74) is 6.67. The summed E-state index contributed by atoms with van der Waals surface area (Å²) < 4.78 is 0. The van der Waals surface area contributed by atoms with Gasteiger partial charge in [0.25, 0.3) is 0 Å². The molecule has 0 spiro atoms. The highest BCUT2D eigenvalue weighted by atomic mass is 15.0. The largest absolute Gasteiger partial charge is 0.368 e. The van der Waals surface area contributed by atoms with Crippen LogP contribution < -0.4 is 5.73 Å². The molecule has 1 aliphatic rings. The molecule has 1 fully saturated rings. The van der Waals surface area contributed by atoms with Crippen LogP contribution in [0.1, 0.15) is 37.7 Å². The second-order valence-electron chi connectivity index (χ2n) is 4.16. The Morgan fingerprint density at radius 2 is 1.79 bits per heavy atom. The van der Waals surface area contributed by atoms with Crippen LogP contribution in [0, 0.1) is 5.92 Å². The molecule has 1 aliphatic carbocycles. The molecule has 1 heterocycles. The average Bonchev–Trinajstić information content (AvgIpc) is 2.23. The first-order valence-electron chi connectivity index (χ1n) is 5.41. The van der Waals surface area contributed by atoms with Crippen LogP contribution in [0.25, 0.3) is 0 Å². The number of nitrogens with two attached hydrogens (primary N) is 1. The Morgan fingerprint density at radius 1 is 1.14 bits per heavy atom. The van der Waals surface area contributed by atoms with E-state index in [4.69, 9.17) is 5.73 Å². The fourth-order valence-corrected chi connectivity index (χ4v) is 2.19. The van der Waals surface area contributed by atoms with Crippen molar-refractivity contribution in [3.8, 4) is 0 Å². The first-order chi connectivity index (χ1) is 6.84. The maximum absolute atomic E-state index is 5.44. The van der Waals surface area contributed by atoms with Crippen molar-refractivity contribution in [2.45, 2.75) is 38.5 Å². The van der Waals surface area contributed by atoms with Crippen molar-refractivity contribution in [1.82, 2.24) is 9.97 Å². The minimum absolute atomic E-state index is 0.373. The molecule has 0 aliphatic heterocycles. The summed E-state index contributed by atoms with van der Waals surface area (Å²) in [5, 5.41) is 0. The molecule has 0 unspecified atom stereocenters. The summed E-state index contributed by atoms with van der Waals surface area (Å²) >= 11 is 0. The number of aromatic nitrogens is 2. The molecule has 14 heavy (non-hydrogen) atoms. The Bertz CT molecular complexity index is 275. The van der Waals surface area contributed by atoms with Gasteiger partial charge in [-0.2, -0.15) is 0 Å². The molecular formula is C11H17N3. The molecule has 3 heteroatoms. The van der Waals surface area contributed by atoms with Crippen LogP contribution in [0.3, 0.4) is 0 Å².